The van der Waals surface area contributed by atoms with E-state index in [9.17, 15) is 14.4 Å². The van der Waals surface area contributed by atoms with Crippen molar-refractivity contribution in [1.82, 2.24) is 4.90 Å². The van der Waals surface area contributed by atoms with Crippen LogP contribution in [0.5, 0.6) is 5.75 Å². The zero-order valence-electron chi connectivity index (χ0n) is 19.2. The standard InChI is InChI=1S/C25H30N2O5S/c1-17-11-18(2)14-27(13-17)24(29)15-32-25(30)21-9-4-5-10-22(21)33-16-23(28)26-19-7-6-8-20(12-19)31-3/h4-10,12,17-18H,11,13-16H2,1-3H3,(H,26,28)/t17-,18-/m1/s1. The van der Waals surface area contributed by atoms with Gasteiger partial charge in [0.2, 0.25) is 5.91 Å². The molecule has 0 radical (unpaired) electrons. The second-order valence-corrected chi connectivity index (χ2v) is 9.40. The number of rotatable bonds is 8. The molecule has 0 unspecified atom stereocenters. The number of piperidine rings is 1. The highest BCUT2D eigenvalue weighted by Gasteiger charge is 2.26. The molecule has 1 saturated heterocycles. The Morgan fingerprint density at radius 3 is 2.52 bits per heavy atom. The molecule has 0 spiro atoms. The quantitative estimate of drug-likeness (QED) is 0.462. The van der Waals surface area contributed by atoms with Gasteiger partial charge in [-0.05, 0) is 42.5 Å². The average Bonchev–Trinajstić information content (AvgIpc) is 2.80. The maximum Gasteiger partial charge on any atom is 0.339 e. The summed E-state index contributed by atoms with van der Waals surface area (Å²) in [4.78, 5) is 40.0. The Bertz CT molecular complexity index is 986. The lowest BCUT2D eigenvalue weighted by molar-refractivity contribution is -0.137. The van der Waals surface area contributed by atoms with Gasteiger partial charge in [-0.1, -0.05) is 32.0 Å². The van der Waals surface area contributed by atoms with E-state index in [1.54, 1.807) is 60.5 Å². The zero-order valence-corrected chi connectivity index (χ0v) is 20.0. The fourth-order valence-corrected chi connectivity index (χ4v) is 4.81. The molecule has 3 rings (SSSR count). The fraction of sp³-hybridized carbons (Fsp3) is 0.400. The van der Waals surface area contributed by atoms with Crippen molar-refractivity contribution in [1.29, 1.82) is 0 Å². The number of methoxy groups -OCH3 is 1. The summed E-state index contributed by atoms with van der Waals surface area (Å²) in [5.74, 6) is 0.686. The van der Waals surface area contributed by atoms with Gasteiger partial charge in [0, 0.05) is 29.7 Å². The molecule has 1 fully saturated rings. The molecular formula is C25H30N2O5S. The summed E-state index contributed by atoms with van der Waals surface area (Å²) in [6, 6.07) is 14.0. The van der Waals surface area contributed by atoms with E-state index >= 15 is 0 Å². The largest absolute Gasteiger partial charge is 0.497 e. The zero-order chi connectivity index (χ0) is 23.8. The third-order valence-corrected chi connectivity index (χ3v) is 6.44. The number of hydrogen-bond donors (Lipinski definition) is 1. The van der Waals surface area contributed by atoms with Gasteiger partial charge < -0.3 is 19.7 Å². The number of benzene rings is 2. The first-order valence-corrected chi connectivity index (χ1v) is 11.9. The molecule has 1 heterocycles. The first kappa shape index (κ1) is 24.6. The Hall–Kier alpha value is -3.00. The van der Waals surface area contributed by atoms with Gasteiger partial charge in [0.25, 0.3) is 5.91 Å². The van der Waals surface area contributed by atoms with Crippen LogP contribution in [-0.4, -0.2) is 55.2 Å². The number of amides is 2. The van der Waals surface area contributed by atoms with Crippen LogP contribution in [0.1, 0.15) is 30.6 Å². The molecule has 33 heavy (non-hydrogen) atoms. The van der Waals surface area contributed by atoms with E-state index in [1.807, 2.05) is 0 Å². The second-order valence-electron chi connectivity index (χ2n) is 8.39. The Labute approximate surface area is 198 Å². The van der Waals surface area contributed by atoms with Gasteiger partial charge >= 0.3 is 5.97 Å². The van der Waals surface area contributed by atoms with Gasteiger partial charge in [0.05, 0.1) is 18.4 Å². The molecule has 176 valence electrons. The van der Waals surface area contributed by atoms with Crippen molar-refractivity contribution in [3.63, 3.8) is 0 Å². The lowest BCUT2D eigenvalue weighted by Crippen LogP contribution is -2.44. The summed E-state index contributed by atoms with van der Waals surface area (Å²) in [6.07, 6.45) is 1.10. The summed E-state index contributed by atoms with van der Waals surface area (Å²) >= 11 is 1.24. The maximum atomic E-state index is 12.7. The molecule has 8 heteroatoms. The van der Waals surface area contributed by atoms with Crippen molar-refractivity contribution >= 4 is 35.2 Å². The topological polar surface area (TPSA) is 84.9 Å². The molecule has 1 aliphatic rings. The van der Waals surface area contributed by atoms with Crippen LogP contribution < -0.4 is 10.1 Å². The van der Waals surface area contributed by atoms with Crippen molar-refractivity contribution < 1.29 is 23.9 Å². The van der Waals surface area contributed by atoms with E-state index in [1.165, 1.54) is 11.8 Å². The maximum absolute atomic E-state index is 12.7. The van der Waals surface area contributed by atoms with Crippen molar-refractivity contribution in [3.05, 3.63) is 54.1 Å². The van der Waals surface area contributed by atoms with Crippen LogP contribution >= 0.6 is 11.8 Å². The number of nitrogens with zero attached hydrogens (tertiary/aromatic N) is 1. The molecule has 2 aromatic carbocycles. The van der Waals surface area contributed by atoms with E-state index in [-0.39, 0.29) is 24.2 Å². The Balaban J connectivity index is 1.54. The highest BCUT2D eigenvalue weighted by molar-refractivity contribution is 8.00. The second kappa shape index (κ2) is 11.7. The molecule has 0 aliphatic carbocycles. The number of carbonyl (C=O) groups excluding carboxylic acids is 3. The van der Waals surface area contributed by atoms with Crippen molar-refractivity contribution in [2.24, 2.45) is 11.8 Å². The number of thioether (sulfide) groups is 1. The number of esters is 1. The predicted molar refractivity (Wildman–Crippen MR) is 129 cm³/mol. The molecule has 0 saturated carbocycles. The summed E-state index contributed by atoms with van der Waals surface area (Å²) in [5, 5.41) is 2.81. The smallest absolute Gasteiger partial charge is 0.339 e. The van der Waals surface area contributed by atoms with E-state index in [0.29, 0.717) is 46.8 Å². The number of nitrogens with one attached hydrogen (secondary N) is 1. The van der Waals surface area contributed by atoms with Crippen LogP contribution in [0.2, 0.25) is 0 Å². The minimum Gasteiger partial charge on any atom is -0.497 e. The van der Waals surface area contributed by atoms with E-state index < -0.39 is 5.97 Å². The van der Waals surface area contributed by atoms with Crippen LogP contribution in [0.25, 0.3) is 0 Å². The van der Waals surface area contributed by atoms with Gasteiger partial charge in [-0.2, -0.15) is 0 Å². The monoisotopic (exact) mass is 470 g/mol. The van der Waals surface area contributed by atoms with Gasteiger partial charge in [-0.25, -0.2) is 4.79 Å². The SMILES string of the molecule is COc1cccc(NC(=O)CSc2ccccc2C(=O)OCC(=O)N2C[C@H](C)C[C@@H](C)C2)c1. The minimum atomic E-state index is -0.572. The third-order valence-electron chi connectivity index (χ3n) is 5.37. The molecule has 7 nitrogen and oxygen atoms in total. The molecule has 0 aromatic heterocycles. The normalized spacial score (nSPS) is 17.8. The highest BCUT2D eigenvalue weighted by atomic mass is 32.2. The predicted octanol–water partition coefficient (Wildman–Crippen LogP) is 4.09. The lowest BCUT2D eigenvalue weighted by Gasteiger charge is -2.34. The van der Waals surface area contributed by atoms with Crippen LogP contribution in [0.3, 0.4) is 0 Å². The van der Waals surface area contributed by atoms with Gasteiger partial charge in [0.15, 0.2) is 6.61 Å². The van der Waals surface area contributed by atoms with Crippen molar-refractivity contribution in [2.45, 2.75) is 25.2 Å². The first-order chi connectivity index (χ1) is 15.9. The molecule has 0 bridgehead atoms. The molecule has 2 amide bonds. The first-order valence-electron chi connectivity index (χ1n) is 11.0. The van der Waals surface area contributed by atoms with Crippen LogP contribution in [0.4, 0.5) is 5.69 Å². The fourth-order valence-electron chi connectivity index (χ4n) is 3.97. The lowest BCUT2D eigenvalue weighted by atomic mass is 9.92. The molecule has 2 atom stereocenters. The summed E-state index contributed by atoms with van der Waals surface area (Å²) in [7, 11) is 1.56. The molecular weight excluding hydrogens is 440 g/mol. The van der Waals surface area contributed by atoms with Gasteiger partial charge in [0.1, 0.15) is 5.75 Å². The van der Waals surface area contributed by atoms with Crippen molar-refractivity contribution in [3.8, 4) is 5.75 Å². The summed E-state index contributed by atoms with van der Waals surface area (Å²) in [6.45, 7) is 5.35. The number of likely N-dealkylation sites (tertiary alicyclic amines) is 1. The Kier molecular flexibility index (Phi) is 8.77. The van der Waals surface area contributed by atoms with Crippen LogP contribution in [0, 0.1) is 11.8 Å². The number of anilines is 1. The van der Waals surface area contributed by atoms with E-state index in [4.69, 9.17) is 9.47 Å². The summed E-state index contributed by atoms with van der Waals surface area (Å²) < 4.78 is 10.5. The van der Waals surface area contributed by atoms with Gasteiger partial charge in [-0.3, -0.25) is 9.59 Å². The average molecular weight is 471 g/mol. The van der Waals surface area contributed by atoms with Crippen LogP contribution in [-0.2, 0) is 14.3 Å². The van der Waals surface area contributed by atoms with Gasteiger partial charge in [-0.15, -0.1) is 11.8 Å². The van der Waals surface area contributed by atoms with Crippen molar-refractivity contribution in [2.75, 3.05) is 37.9 Å². The summed E-state index contributed by atoms with van der Waals surface area (Å²) in [5.41, 5.74) is 0.970. The number of hydrogen-bond acceptors (Lipinski definition) is 6. The van der Waals surface area contributed by atoms with E-state index in [2.05, 4.69) is 19.2 Å². The Morgan fingerprint density at radius 1 is 1.06 bits per heavy atom. The molecule has 1 N–H and O–H groups in total. The minimum absolute atomic E-state index is 0.115. The van der Waals surface area contributed by atoms with E-state index in [0.717, 1.165) is 6.42 Å². The molecule has 1 aliphatic heterocycles. The Morgan fingerprint density at radius 2 is 1.79 bits per heavy atom. The van der Waals surface area contributed by atoms with Crippen LogP contribution in [0.15, 0.2) is 53.4 Å². The molecule has 2 aromatic rings. The highest BCUT2D eigenvalue weighted by Crippen LogP contribution is 2.25. The third kappa shape index (κ3) is 7.25. The number of ether oxygens (including phenoxy) is 2. The number of carbonyl (C=O) groups is 3.